The highest BCUT2D eigenvalue weighted by Gasteiger charge is 2.19. The Kier molecular flexibility index (Phi) is 6.85. The van der Waals surface area contributed by atoms with Crippen LogP contribution in [0.1, 0.15) is 27.6 Å². The summed E-state index contributed by atoms with van der Waals surface area (Å²) in [7, 11) is 4.04. The van der Waals surface area contributed by atoms with E-state index in [1.165, 1.54) is 16.0 Å². The summed E-state index contributed by atoms with van der Waals surface area (Å²) in [5.74, 6) is 0.0466. The predicted molar refractivity (Wildman–Crippen MR) is 117 cm³/mol. The van der Waals surface area contributed by atoms with E-state index in [-0.39, 0.29) is 11.9 Å². The van der Waals surface area contributed by atoms with Gasteiger partial charge < -0.3 is 15.5 Å². The first-order valence-electron chi connectivity index (χ1n) is 9.49. The first-order valence-corrected chi connectivity index (χ1v) is 10.4. The molecule has 0 saturated heterocycles. The van der Waals surface area contributed by atoms with Crippen molar-refractivity contribution >= 4 is 22.9 Å². The van der Waals surface area contributed by atoms with E-state index >= 15 is 0 Å². The number of nitrogens with one attached hydrogen (secondary N) is 1. The third-order valence-corrected chi connectivity index (χ3v) is 5.72. The summed E-state index contributed by atoms with van der Waals surface area (Å²) >= 11 is 1.73. The van der Waals surface area contributed by atoms with Gasteiger partial charge >= 0.3 is 0 Å². The van der Waals surface area contributed by atoms with Crippen molar-refractivity contribution in [3.05, 3.63) is 87.6 Å². The summed E-state index contributed by atoms with van der Waals surface area (Å²) in [5.41, 5.74) is 4.72. The molecule has 0 bridgehead atoms. The van der Waals surface area contributed by atoms with E-state index < -0.39 is 0 Å². The van der Waals surface area contributed by atoms with Crippen LogP contribution in [0.5, 0.6) is 0 Å². The molecule has 28 heavy (non-hydrogen) atoms. The second-order valence-electron chi connectivity index (χ2n) is 7.18. The van der Waals surface area contributed by atoms with Gasteiger partial charge in [0.2, 0.25) is 0 Å². The van der Waals surface area contributed by atoms with E-state index in [2.05, 4.69) is 88.5 Å². The van der Waals surface area contributed by atoms with E-state index in [0.717, 1.165) is 11.3 Å². The number of hydrogen-bond donors (Lipinski definition) is 2. The molecule has 0 fully saturated rings. The Bertz CT molecular complexity index is 871. The predicted octanol–water partition coefficient (Wildman–Crippen LogP) is 3.09. The zero-order valence-corrected chi connectivity index (χ0v) is 17.5. The van der Waals surface area contributed by atoms with Crippen LogP contribution in [0.2, 0.25) is 0 Å². The molecule has 0 radical (unpaired) electrons. The molecule has 3 rings (SSSR count). The number of carbonyl (C=O) groups excluding carboxylic acids is 1. The minimum atomic E-state index is 0.0466. The first-order chi connectivity index (χ1) is 13.5. The molecule has 0 unspecified atom stereocenters. The number of nitrogens with zero attached hydrogens (tertiary/aromatic N) is 1. The fourth-order valence-electron chi connectivity index (χ4n) is 3.07. The molecule has 3 N–H and O–H groups in total. The number of thiophene rings is 1. The van der Waals surface area contributed by atoms with Gasteiger partial charge in [0.1, 0.15) is 6.04 Å². The smallest absolute Gasteiger partial charge is 0.275 e. The molecule has 3 aromatic rings. The molecule has 1 amide bonds. The summed E-state index contributed by atoms with van der Waals surface area (Å²) in [6.45, 7) is 3.03. The van der Waals surface area contributed by atoms with Crippen LogP contribution in [0.4, 0.5) is 5.69 Å². The maximum atomic E-state index is 12.4. The van der Waals surface area contributed by atoms with Crippen LogP contribution >= 0.6 is 11.3 Å². The highest BCUT2D eigenvalue weighted by Crippen LogP contribution is 2.23. The standard InChI is InChI=1S/C23H27N3OS/c1-17-6-10-19(11-7-17)23(21-5-4-14-28-21)25-16-22(27)24-15-18-8-12-20(13-9-18)26(2)3/h4-14,23,25H,15-16H2,1-3H3,(H,24,27)/p+1/t23-/m1/s1. The van der Waals surface area contributed by atoms with Crippen LogP contribution in [0, 0.1) is 6.92 Å². The molecule has 146 valence electrons. The molecule has 1 aromatic heterocycles. The van der Waals surface area contributed by atoms with Crippen molar-refractivity contribution in [3.8, 4) is 0 Å². The third-order valence-electron chi connectivity index (χ3n) is 4.77. The molecule has 1 atom stereocenters. The Morgan fingerprint density at radius 1 is 1.07 bits per heavy atom. The summed E-state index contributed by atoms with van der Waals surface area (Å²) in [6.07, 6.45) is 0. The first kappa shape index (κ1) is 20.1. The Hall–Kier alpha value is -2.63. The van der Waals surface area contributed by atoms with Crippen molar-refractivity contribution in [2.24, 2.45) is 0 Å². The number of rotatable bonds is 8. The van der Waals surface area contributed by atoms with Gasteiger partial charge in [0, 0.05) is 31.9 Å². The number of amides is 1. The Balaban J connectivity index is 1.57. The second kappa shape index (κ2) is 9.53. The maximum absolute atomic E-state index is 12.4. The van der Waals surface area contributed by atoms with Crippen molar-refractivity contribution in [1.82, 2.24) is 5.32 Å². The van der Waals surface area contributed by atoms with Crippen molar-refractivity contribution in [3.63, 3.8) is 0 Å². The molecule has 0 aliphatic carbocycles. The van der Waals surface area contributed by atoms with Crippen LogP contribution in [0.3, 0.4) is 0 Å². The fraction of sp³-hybridized carbons (Fsp3) is 0.261. The number of hydrogen-bond acceptors (Lipinski definition) is 3. The Morgan fingerprint density at radius 2 is 1.79 bits per heavy atom. The van der Waals surface area contributed by atoms with Gasteiger partial charge in [-0.05, 0) is 36.1 Å². The summed E-state index contributed by atoms with van der Waals surface area (Å²) < 4.78 is 0. The van der Waals surface area contributed by atoms with Crippen LogP contribution < -0.4 is 15.5 Å². The lowest BCUT2D eigenvalue weighted by atomic mass is 10.0. The molecule has 0 saturated carbocycles. The number of quaternary nitrogens is 1. The number of aryl methyl sites for hydroxylation is 1. The molecule has 0 aliphatic heterocycles. The normalized spacial score (nSPS) is 11.8. The van der Waals surface area contributed by atoms with Gasteiger partial charge in [0.15, 0.2) is 6.54 Å². The van der Waals surface area contributed by atoms with E-state index in [1.54, 1.807) is 11.3 Å². The lowest BCUT2D eigenvalue weighted by molar-refractivity contribution is -0.676. The average molecular weight is 395 g/mol. The van der Waals surface area contributed by atoms with Gasteiger partial charge in [-0.2, -0.15) is 0 Å². The molecule has 0 aliphatic rings. The van der Waals surface area contributed by atoms with Crippen molar-refractivity contribution < 1.29 is 10.1 Å². The quantitative estimate of drug-likeness (QED) is 0.617. The van der Waals surface area contributed by atoms with E-state index in [4.69, 9.17) is 0 Å². The summed E-state index contributed by atoms with van der Waals surface area (Å²) in [6, 6.07) is 21.1. The lowest BCUT2D eigenvalue weighted by Crippen LogP contribution is -2.87. The Morgan fingerprint density at radius 3 is 2.39 bits per heavy atom. The number of benzene rings is 2. The van der Waals surface area contributed by atoms with Gasteiger partial charge in [0.05, 0.1) is 4.88 Å². The minimum absolute atomic E-state index is 0.0466. The third kappa shape index (κ3) is 5.44. The molecule has 2 aromatic carbocycles. The molecule has 0 spiro atoms. The van der Waals surface area contributed by atoms with Crippen molar-refractivity contribution in [1.29, 1.82) is 0 Å². The van der Waals surface area contributed by atoms with E-state index in [0.29, 0.717) is 13.1 Å². The Labute approximate surface area is 171 Å². The lowest BCUT2D eigenvalue weighted by Gasteiger charge is -2.15. The largest absolute Gasteiger partial charge is 0.378 e. The summed E-state index contributed by atoms with van der Waals surface area (Å²) in [5, 5.41) is 7.23. The zero-order valence-electron chi connectivity index (χ0n) is 16.7. The highest BCUT2D eigenvalue weighted by molar-refractivity contribution is 7.10. The van der Waals surface area contributed by atoms with Crippen molar-refractivity contribution in [2.45, 2.75) is 19.5 Å². The molecule has 1 heterocycles. The monoisotopic (exact) mass is 394 g/mol. The van der Waals surface area contributed by atoms with Gasteiger partial charge in [-0.25, -0.2) is 0 Å². The fourth-order valence-corrected chi connectivity index (χ4v) is 3.92. The van der Waals surface area contributed by atoms with Gasteiger partial charge in [-0.1, -0.05) is 48.0 Å². The van der Waals surface area contributed by atoms with Crippen LogP contribution in [-0.2, 0) is 11.3 Å². The SMILES string of the molecule is Cc1ccc([C@@H]([NH2+]CC(=O)NCc2ccc(N(C)C)cc2)c2cccs2)cc1. The topological polar surface area (TPSA) is 49.0 Å². The molecule has 5 heteroatoms. The minimum Gasteiger partial charge on any atom is -0.378 e. The highest BCUT2D eigenvalue weighted by atomic mass is 32.1. The van der Waals surface area contributed by atoms with E-state index in [1.807, 2.05) is 14.1 Å². The summed E-state index contributed by atoms with van der Waals surface area (Å²) in [4.78, 5) is 15.7. The zero-order chi connectivity index (χ0) is 19.9. The second-order valence-corrected chi connectivity index (χ2v) is 8.16. The average Bonchev–Trinajstić information content (AvgIpc) is 3.22. The molecular formula is C23H28N3OS+. The number of anilines is 1. The molecule has 4 nitrogen and oxygen atoms in total. The van der Waals surface area contributed by atoms with Gasteiger partial charge in [-0.3, -0.25) is 4.79 Å². The van der Waals surface area contributed by atoms with Crippen LogP contribution in [0.15, 0.2) is 66.0 Å². The van der Waals surface area contributed by atoms with Gasteiger partial charge in [0.25, 0.3) is 5.91 Å². The van der Waals surface area contributed by atoms with Crippen molar-refractivity contribution in [2.75, 3.05) is 25.5 Å². The van der Waals surface area contributed by atoms with Crippen LogP contribution in [-0.4, -0.2) is 26.5 Å². The number of nitrogens with two attached hydrogens (primary N) is 1. The molecular weight excluding hydrogens is 366 g/mol. The van der Waals surface area contributed by atoms with Crippen LogP contribution in [0.25, 0.3) is 0 Å². The van der Waals surface area contributed by atoms with E-state index in [9.17, 15) is 4.79 Å². The maximum Gasteiger partial charge on any atom is 0.275 e. The van der Waals surface area contributed by atoms with Gasteiger partial charge in [-0.15, -0.1) is 11.3 Å². The number of carbonyl (C=O) groups is 1.